The Morgan fingerprint density at radius 1 is 1.00 bits per heavy atom. The fourth-order valence-electron chi connectivity index (χ4n) is 1.47. The molecule has 2 N–H and O–H groups in total. The van der Waals surface area contributed by atoms with Crippen LogP contribution in [-0.4, -0.2) is 15.9 Å². The van der Waals surface area contributed by atoms with Crippen LogP contribution in [0.25, 0.3) is 0 Å². The van der Waals surface area contributed by atoms with E-state index in [4.69, 9.17) is 0 Å². The second-order valence-corrected chi connectivity index (χ2v) is 3.87. The van der Waals surface area contributed by atoms with Crippen LogP contribution in [0.2, 0.25) is 0 Å². The van der Waals surface area contributed by atoms with Crippen molar-refractivity contribution in [3.63, 3.8) is 0 Å². The zero-order chi connectivity index (χ0) is 13.5. The molecule has 0 bridgehead atoms. The van der Waals surface area contributed by atoms with Crippen LogP contribution < -0.4 is 10.6 Å². The Morgan fingerprint density at radius 2 is 1.58 bits per heavy atom. The molecular formula is C14H14N4O. The maximum absolute atomic E-state index is 11.7. The molecule has 0 aromatic carbocycles. The summed E-state index contributed by atoms with van der Waals surface area (Å²) < 4.78 is 0. The van der Waals surface area contributed by atoms with Crippen LogP contribution in [-0.2, 0) is 4.79 Å². The minimum absolute atomic E-state index is 0.236. The van der Waals surface area contributed by atoms with Gasteiger partial charge < -0.3 is 10.6 Å². The third-order valence-corrected chi connectivity index (χ3v) is 2.25. The van der Waals surface area contributed by atoms with Crippen molar-refractivity contribution in [2.24, 2.45) is 0 Å². The van der Waals surface area contributed by atoms with Crippen LogP contribution in [0.1, 0.15) is 6.92 Å². The van der Waals surface area contributed by atoms with E-state index in [0.29, 0.717) is 17.3 Å². The predicted molar refractivity (Wildman–Crippen MR) is 74.5 cm³/mol. The highest BCUT2D eigenvalue weighted by molar-refractivity contribution is 5.99. The van der Waals surface area contributed by atoms with E-state index in [2.05, 4.69) is 20.6 Å². The zero-order valence-electron chi connectivity index (χ0n) is 10.5. The smallest absolute Gasteiger partial charge is 0.251 e. The molecule has 19 heavy (non-hydrogen) atoms. The van der Waals surface area contributed by atoms with Gasteiger partial charge in [0.1, 0.15) is 11.6 Å². The lowest BCUT2D eigenvalue weighted by Gasteiger charge is -2.05. The molecule has 2 aromatic heterocycles. The van der Waals surface area contributed by atoms with Gasteiger partial charge in [-0.2, -0.15) is 0 Å². The lowest BCUT2D eigenvalue weighted by atomic mass is 10.3. The van der Waals surface area contributed by atoms with Crippen molar-refractivity contribution in [3.05, 3.63) is 60.6 Å². The number of aromatic nitrogens is 2. The molecule has 2 rings (SSSR count). The molecule has 2 heterocycles. The van der Waals surface area contributed by atoms with E-state index in [-0.39, 0.29) is 5.91 Å². The number of rotatable bonds is 4. The van der Waals surface area contributed by atoms with Gasteiger partial charge in [0, 0.05) is 24.2 Å². The molecule has 0 aliphatic rings. The second kappa shape index (κ2) is 6.30. The summed E-state index contributed by atoms with van der Waals surface area (Å²) in [5.74, 6) is 0.982. The first-order valence-corrected chi connectivity index (χ1v) is 5.82. The van der Waals surface area contributed by atoms with E-state index in [1.807, 2.05) is 24.3 Å². The Hall–Kier alpha value is -2.69. The first-order valence-electron chi connectivity index (χ1n) is 5.82. The lowest BCUT2D eigenvalue weighted by molar-refractivity contribution is -0.112. The Kier molecular flexibility index (Phi) is 4.23. The summed E-state index contributed by atoms with van der Waals surface area (Å²) in [4.78, 5) is 19.9. The molecule has 2 aromatic rings. The number of allylic oxidation sites excluding steroid dienone is 1. The Labute approximate surface area is 111 Å². The molecule has 5 heteroatoms. The number of nitrogens with one attached hydrogen (secondary N) is 2. The van der Waals surface area contributed by atoms with Crippen LogP contribution >= 0.6 is 0 Å². The van der Waals surface area contributed by atoms with Crippen LogP contribution in [0.15, 0.2) is 60.6 Å². The first kappa shape index (κ1) is 12.8. The van der Waals surface area contributed by atoms with Crippen molar-refractivity contribution < 1.29 is 4.79 Å². The van der Waals surface area contributed by atoms with Gasteiger partial charge in [0.25, 0.3) is 5.91 Å². The van der Waals surface area contributed by atoms with Crippen molar-refractivity contribution in [1.29, 1.82) is 0 Å². The van der Waals surface area contributed by atoms with E-state index in [9.17, 15) is 4.79 Å². The highest BCUT2D eigenvalue weighted by atomic mass is 16.1. The third kappa shape index (κ3) is 4.23. The van der Waals surface area contributed by atoms with Crippen molar-refractivity contribution in [1.82, 2.24) is 9.97 Å². The van der Waals surface area contributed by atoms with Gasteiger partial charge in [-0.3, -0.25) is 4.79 Å². The number of carbonyl (C=O) groups excluding carboxylic acids is 1. The number of carbonyl (C=O) groups is 1. The minimum Gasteiger partial charge on any atom is -0.344 e. The summed E-state index contributed by atoms with van der Waals surface area (Å²) in [7, 11) is 0. The maximum atomic E-state index is 11.7. The molecule has 5 nitrogen and oxygen atoms in total. The van der Waals surface area contributed by atoms with E-state index >= 15 is 0 Å². The summed E-state index contributed by atoms with van der Waals surface area (Å²) >= 11 is 0. The molecule has 0 aliphatic heterocycles. The van der Waals surface area contributed by atoms with Crippen molar-refractivity contribution >= 4 is 17.5 Å². The number of pyridine rings is 2. The Bertz CT molecular complexity index is 567. The van der Waals surface area contributed by atoms with Gasteiger partial charge in [-0.25, -0.2) is 9.97 Å². The summed E-state index contributed by atoms with van der Waals surface area (Å²) in [6, 6.07) is 10.9. The largest absolute Gasteiger partial charge is 0.344 e. The molecule has 1 amide bonds. The summed E-state index contributed by atoms with van der Waals surface area (Å²) in [5, 5.41) is 5.70. The fraction of sp³-hybridized carbons (Fsp3) is 0.0714. The molecule has 0 fully saturated rings. The highest BCUT2D eigenvalue weighted by Gasteiger charge is 2.00. The highest BCUT2D eigenvalue weighted by Crippen LogP contribution is 2.05. The molecule has 96 valence electrons. The maximum Gasteiger partial charge on any atom is 0.251 e. The molecule has 0 spiro atoms. The average Bonchev–Trinajstić information content (AvgIpc) is 2.40. The van der Waals surface area contributed by atoms with Gasteiger partial charge in [0.2, 0.25) is 0 Å². The van der Waals surface area contributed by atoms with Crippen LogP contribution in [0.5, 0.6) is 0 Å². The third-order valence-electron chi connectivity index (χ3n) is 2.25. The summed E-state index contributed by atoms with van der Waals surface area (Å²) in [6.07, 6.45) is 4.77. The van der Waals surface area contributed by atoms with Gasteiger partial charge >= 0.3 is 0 Å². The zero-order valence-corrected chi connectivity index (χ0v) is 10.5. The molecule has 0 saturated heterocycles. The van der Waals surface area contributed by atoms with Crippen molar-refractivity contribution in [2.45, 2.75) is 6.92 Å². The summed E-state index contributed by atoms with van der Waals surface area (Å²) in [5.41, 5.74) is 0.701. The Balaban J connectivity index is 1.95. The van der Waals surface area contributed by atoms with E-state index in [1.54, 1.807) is 31.5 Å². The van der Waals surface area contributed by atoms with E-state index in [0.717, 1.165) is 0 Å². The lowest BCUT2D eigenvalue weighted by Crippen LogP contribution is -2.11. The molecule has 0 radical (unpaired) electrons. The average molecular weight is 254 g/mol. The van der Waals surface area contributed by atoms with Gasteiger partial charge in [0.05, 0.1) is 0 Å². The molecule has 0 aliphatic carbocycles. The van der Waals surface area contributed by atoms with E-state index in [1.165, 1.54) is 6.08 Å². The molecule has 0 saturated carbocycles. The van der Waals surface area contributed by atoms with Crippen molar-refractivity contribution in [3.8, 4) is 0 Å². The molecule has 0 atom stereocenters. The molecular weight excluding hydrogens is 240 g/mol. The minimum atomic E-state index is -0.236. The number of hydrogen-bond donors (Lipinski definition) is 2. The quantitative estimate of drug-likeness (QED) is 0.822. The van der Waals surface area contributed by atoms with Gasteiger partial charge in [0.15, 0.2) is 0 Å². The van der Waals surface area contributed by atoms with Gasteiger partial charge in [-0.1, -0.05) is 12.1 Å². The number of nitrogens with zero attached hydrogens (tertiary/aromatic N) is 2. The standard InChI is InChI=1S/C14H14N4O/c1-11(17-12-6-2-4-8-15-12)10-14(19)18-13-7-3-5-9-16-13/h2-10H,1H3,(H,15,17)(H,16,18,19)/b11-10+. The SMILES string of the molecule is C/C(=C\C(=O)Nc1ccccn1)Nc1ccccn1. The number of hydrogen-bond acceptors (Lipinski definition) is 4. The van der Waals surface area contributed by atoms with Gasteiger partial charge in [-0.15, -0.1) is 0 Å². The predicted octanol–water partition coefficient (Wildman–Crippen LogP) is 2.43. The first-order chi connectivity index (χ1) is 9.24. The fourth-order valence-corrected chi connectivity index (χ4v) is 1.47. The second-order valence-electron chi connectivity index (χ2n) is 3.87. The topological polar surface area (TPSA) is 66.9 Å². The van der Waals surface area contributed by atoms with Crippen molar-refractivity contribution in [2.75, 3.05) is 10.6 Å². The molecule has 0 unspecified atom stereocenters. The van der Waals surface area contributed by atoms with Crippen LogP contribution in [0.3, 0.4) is 0 Å². The number of anilines is 2. The van der Waals surface area contributed by atoms with Crippen LogP contribution in [0, 0.1) is 0 Å². The number of amides is 1. The van der Waals surface area contributed by atoms with E-state index < -0.39 is 0 Å². The Morgan fingerprint density at radius 3 is 2.11 bits per heavy atom. The monoisotopic (exact) mass is 254 g/mol. The summed E-state index contributed by atoms with van der Waals surface area (Å²) in [6.45, 7) is 1.80. The van der Waals surface area contributed by atoms with Gasteiger partial charge in [-0.05, 0) is 31.2 Å². The van der Waals surface area contributed by atoms with Crippen LogP contribution in [0.4, 0.5) is 11.6 Å². The normalized spacial score (nSPS) is 10.9.